The molecule has 1 aromatic rings. The topological polar surface area (TPSA) is 54.0 Å². The summed E-state index contributed by atoms with van der Waals surface area (Å²) in [5, 5.41) is 5.91. The average molecular weight is 298 g/mol. The van der Waals surface area contributed by atoms with Crippen molar-refractivity contribution in [2.24, 2.45) is 5.92 Å². The number of anilines is 1. The number of aryl methyl sites for hydroxylation is 1. The Morgan fingerprint density at radius 3 is 2.94 bits per heavy atom. The third kappa shape index (κ3) is 4.00. The maximum atomic E-state index is 11.5. The lowest BCUT2D eigenvalue weighted by atomic mass is 10.3. The highest BCUT2D eigenvalue weighted by Crippen LogP contribution is 2.27. The lowest BCUT2D eigenvalue weighted by Gasteiger charge is -2.07. The van der Waals surface area contributed by atoms with E-state index in [1.807, 2.05) is 19.1 Å². The van der Waals surface area contributed by atoms with Crippen LogP contribution in [0.4, 0.5) is 5.82 Å². The number of hydrogen-bond donors (Lipinski definition) is 2. The normalized spacial score (nSPS) is 14.5. The van der Waals surface area contributed by atoms with Crippen LogP contribution in [-0.4, -0.2) is 24.0 Å². The summed E-state index contributed by atoms with van der Waals surface area (Å²) in [4.78, 5) is 15.8. The van der Waals surface area contributed by atoms with Gasteiger partial charge in [0.2, 0.25) is 5.91 Å². The van der Waals surface area contributed by atoms with E-state index in [1.54, 1.807) is 0 Å². The van der Waals surface area contributed by atoms with Gasteiger partial charge in [-0.05, 0) is 53.7 Å². The van der Waals surface area contributed by atoms with E-state index in [0.717, 1.165) is 22.5 Å². The second kappa shape index (κ2) is 5.49. The molecule has 1 aliphatic carbocycles. The first-order chi connectivity index (χ1) is 8.15. The Bertz CT molecular complexity index is 418. The minimum atomic E-state index is 0.0271. The van der Waals surface area contributed by atoms with E-state index in [0.29, 0.717) is 5.92 Å². The van der Waals surface area contributed by atoms with Gasteiger partial charge in [0.25, 0.3) is 0 Å². The highest BCUT2D eigenvalue weighted by Gasteiger charge is 2.21. The Balaban J connectivity index is 1.75. The van der Waals surface area contributed by atoms with Crippen molar-refractivity contribution in [3.05, 3.63) is 22.3 Å². The Morgan fingerprint density at radius 1 is 1.53 bits per heavy atom. The first-order valence-corrected chi connectivity index (χ1v) is 6.58. The van der Waals surface area contributed by atoms with E-state index in [9.17, 15) is 4.79 Å². The van der Waals surface area contributed by atoms with Gasteiger partial charge < -0.3 is 10.6 Å². The van der Waals surface area contributed by atoms with Crippen molar-refractivity contribution < 1.29 is 4.79 Å². The molecule has 1 amide bonds. The second-order valence-corrected chi connectivity index (χ2v) is 5.22. The fourth-order valence-corrected chi connectivity index (χ4v) is 1.68. The smallest absolute Gasteiger partial charge is 0.239 e. The number of halogens is 1. The molecule has 0 bridgehead atoms. The van der Waals surface area contributed by atoms with E-state index in [2.05, 4.69) is 31.5 Å². The van der Waals surface area contributed by atoms with Crippen LogP contribution in [0.2, 0.25) is 0 Å². The van der Waals surface area contributed by atoms with Crippen LogP contribution < -0.4 is 10.6 Å². The second-order valence-electron chi connectivity index (χ2n) is 4.36. The van der Waals surface area contributed by atoms with Gasteiger partial charge in [0.15, 0.2) is 0 Å². The third-order valence-corrected chi connectivity index (χ3v) is 3.57. The third-order valence-electron chi connectivity index (χ3n) is 2.74. The number of amides is 1. The van der Waals surface area contributed by atoms with Gasteiger partial charge in [0.05, 0.1) is 12.2 Å². The Hall–Kier alpha value is -1.10. The first kappa shape index (κ1) is 12.4. The summed E-state index contributed by atoms with van der Waals surface area (Å²) >= 11 is 3.39. The van der Waals surface area contributed by atoms with Crippen LogP contribution in [0.1, 0.15) is 18.5 Å². The largest absolute Gasteiger partial charge is 0.361 e. The zero-order chi connectivity index (χ0) is 12.3. The van der Waals surface area contributed by atoms with Crippen molar-refractivity contribution in [2.45, 2.75) is 19.8 Å². The van der Waals surface area contributed by atoms with Gasteiger partial charge in [-0.3, -0.25) is 4.79 Å². The Labute approximate surface area is 109 Å². The number of rotatable bonds is 5. The molecule has 2 rings (SSSR count). The zero-order valence-electron chi connectivity index (χ0n) is 9.79. The molecule has 0 aromatic carbocycles. The van der Waals surface area contributed by atoms with Crippen molar-refractivity contribution in [3.63, 3.8) is 0 Å². The van der Waals surface area contributed by atoms with Gasteiger partial charge in [0.1, 0.15) is 5.82 Å². The first-order valence-electron chi connectivity index (χ1n) is 5.79. The van der Waals surface area contributed by atoms with E-state index < -0.39 is 0 Å². The van der Waals surface area contributed by atoms with Gasteiger partial charge in [-0.15, -0.1) is 0 Å². The van der Waals surface area contributed by atoms with Crippen LogP contribution >= 0.6 is 15.9 Å². The predicted molar refractivity (Wildman–Crippen MR) is 70.9 cm³/mol. The molecule has 4 nitrogen and oxygen atoms in total. The minimum absolute atomic E-state index is 0.0271. The van der Waals surface area contributed by atoms with Crippen molar-refractivity contribution in [2.75, 3.05) is 18.4 Å². The number of aromatic nitrogens is 1. The van der Waals surface area contributed by atoms with Crippen LogP contribution in [0.3, 0.4) is 0 Å². The van der Waals surface area contributed by atoms with Crippen molar-refractivity contribution in [1.82, 2.24) is 10.3 Å². The monoisotopic (exact) mass is 297 g/mol. The predicted octanol–water partition coefficient (Wildman–Crippen LogP) is 2.09. The zero-order valence-corrected chi connectivity index (χ0v) is 11.4. The summed E-state index contributed by atoms with van der Waals surface area (Å²) in [6.07, 6.45) is 2.50. The number of pyridine rings is 1. The van der Waals surface area contributed by atoms with Crippen molar-refractivity contribution in [3.8, 4) is 0 Å². The highest BCUT2D eigenvalue weighted by atomic mass is 79.9. The molecule has 1 heterocycles. The summed E-state index contributed by atoms with van der Waals surface area (Å²) in [6.45, 7) is 3.01. The molecule has 0 spiro atoms. The minimum Gasteiger partial charge on any atom is -0.361 e. The molecular formula is C12H16BrN3O. The summed E-state index contributed by atoms with van der Waals surface area (Å²) in [7, 11) is 0. The molecule has 0 saturated heterocycles. The molecule has 1 saturated carbocycles. The van der Waals surface area contributed by atoms with E-state index in [4.69, 9.17) is 0 Å². The lowest BCUT2D eigenvalue weighted by molar-refractivity contribution is -0.119. The van der Waals surface area contributed by atoms with E-state index in [1.165, 1.54) is 12.8 Å². The quantitative estimate of drug-likeness (QED) is 0.875. The molecule has 0 aliphatic heterocycles. The van der Waals surface area contributed by atoms with E-state index in [-0.39, 0.29) is 12.5 Å². The molecule has 0 radical (unpaired) electrons. The molecule has 17 heavy (non-hydrogen) atoms. The average Bonchev–Trinajstić information content (AvgIpc) is 3.12. The highest BCUT2D eigenvalue weighted by molar-refractivity contribution is 9.10. The van der Waals surface area contributed by atoms with Crippen LogP contribution in [-0.2, 0) is 4.79 Å². The van der Waals surface area contributed by atoms with Crippen molar-refractivity contribution in [1.29, 1.82) is 0 Å². The van der Waals surface area contributed by atoms with Crippen molar-refractivity contribution >= 4 is 27.7 Å². The number of carbonyl (C=O) groups excluding carboxylic acids is 1. The van der Waals surface area contributed by atoms with Crippen LogP contribution in [0.25, 0.3) is 0 Å². The molecular weight excluding hydrogens is 282 g/mol. The molecule has 1 fully saturated rings. The van der Waals surface area contributed by atoms with E-state index >= 15 is 0 Å². The van der Waals surface area contributed by atoms with Gasteiger partial charge in [-0.2, -0.15) is 0 Å². The lowest BCUT2D eigenvalue weighted by Crippen LogP contribution is -2.31. The number of carbonyl (C=O) groups is 1. The molecule has 1 aliphatic rings. The Kier molecular flexibility index (Phi) is 3.99. The van der Waals surface area contributed by atoms with Gasteiger partial charge in [-0.1, -0.05) is 0 Å². The van der Waals surface area contributed by atoms with Gasteiger partial charge in [-0.25, -0.2) is 4.98 Å². The molecule has 0 atom stereocenters. The molecule has 5 heteroatoms. The molecule has 1 aromatic heterocycles. The molecule has 92 valence electrons. The Morgan fingerprint density at radius 2 is 2.29 bits per heavy atom. The summed E-state index contributed by atoms with van der Waals surface area (Å²) < 4.78 is 0.973. The maximum absolute atomic E-state index is 11.5. The number of nitrogens with zero attached hydrogens (tertiary/aromatic N) is 1. The maximum Gasteiger partial charge on any atom is 0.239 e. The SMILES string of the molecule is Cc1nc(NCC(=O)NCC2CC2)ccc1Br. The van der Waals surface area contributed by atoms with Gasteiger partial charge in [0, 0.05) is 11.0 Å². The van der Waals surface area contributed by atoms with Crippen LogP contribution in [0.15, 0.2) is 16.6 Å². The summed E-state index contributed by atoms with van der Waals surface area (Å²) in [6, 6.07) is 3.78. The summed E-state index contributed by atoms with van der Waals surface area (Å²) in [5.74, 6) is 1.47. The van der Waals surface area contributed by atoms with Crippen LogP contribution in [0.5, 0.6) is 0 Å². The number of nitrogens with one attached hydrogen (secondary N) is 2. The van der Waals surface area contributed by atoms with Gasteiger partial charge >= 0.3 is 0 Å². The fourth-order valence-electron chi connectivity index (χ4n) is 1.46. The fraction of sp³-hybridized carbons (Fsp3) is 0.500. The molecule has 0 unspecified atom stereocenters. The number of hydrogen-bond acceptors (Lipinski definition) is 3. The molecule has 2 N–H and O–H groups in total. The summed E-state index contributed by atoms with van der Waals surface area (Å²) in [5.41, 5.74) is 0.911. The standard InChI is InChI=1S/C12H16BrN3O/c1-8-10(13)4-5-11(16-8)14-7-12(17)15-6-9-2-3-9/h4-5,9H,2-3,6-7H2,1H3,(H,14,16)(H,15,17). The van der Waals surface area contributed by atoms with Crippen LogP contribution in [0, 0.1) is 12.8 Å².